The minimum atomic E-state index is 0.216. The Hall–Kier alpha value is -1.45. The summed E-state index contributed by atoms with van der Waals surface area (Å²) in [6, 6.07) is 0. The van der Waals surface area contributed by atoms with E-state index in [1.54, 1.807) is 0 Å². The maximum Gasteiger partial charge on any atom is 0.225 e. The average molecular weight is 287 g/mol. The van der Waals surface area contributed by atoms with Crippen molar-refractivity contribution in [2.24, 2.45) is 17.8 Å². The van der Waals surface area contributed by atoms with Crippen molar-refractivity contribution in [2.45, 2.75) is 47.0 Å². The van der Waals surface area contributed by atoms with Crippen LogP contribution in [0.25, 0.3) is 0 Å². The molecule has 3 rings (SSSR count). The number of aromatic nitrogens is 2. The van der Waals surface area contributed by atoms with Gasteiger partial charge >= 0.3 is 0 Å². The standard InChI is InChI=1S/C17H25N3O/c1-10-6-14-16(15(21)7-10)13(4)18-17(19-14)20-8-11(2)5-12(3)9-20/h10-12H,5-9H2,1-4H3/t10-,11-,12-/m0/s1. The summed E-state index contributed by atoms with van der Waals surface area (Å²) in [4.78, 5) is 23.9. The van der Waals surface area contributed by atoms with Gasteiger partial charge in [-0.2, -0.15) is 0 Å². The van der Waals surface area contributed by atoms with E-state index in [0.717, 1.165) is 42.4 Å². The van der Waals surface area contributed by atoms with Crippen molar-refractivity contribution in [3.63, 3.8) is 0 Å². The Balaban J connectivity index is 1.96. The summed E-state index contributed by atoms with van der Waals surface area (Å²) in [6.45, 7) is 10.7. The summed E-state index contributed by atoms with van der Waals surface area (Å²) in [5.74, 6) is 2.79. The van der Waals surface area contributed by atoms with Gasteiger partial charge in [-0.25, -0.2) is 9.97 Å². The number of ketones is 1. The lowest BCUT2D eigenvalue weighted by Crippen LogP contribution is -2.40. The molecule has 114 valence electrons. The number of nitrogens with zero attached hydrogens (tertiary/aromatic N) is 3. The molecular formula is C17H25N3O. The zero-order valence-corrected chi connectivity index (χ0v) is 13.5. The molecule has 0 saturated carbocycles. The van der Waals surface area contributed by atoms with Gasteiger partial charge in [-0.1, -0.05) is 20.8 Å². The molecule has 1 aliphatic carbocycles. The molecule has 21 heavy (non-hydrogen) atoms. The van der Waals surface area contributed by atoms with Gasteiger partial charge in [0.25, 0.3) is 0 Å². The van der Waals surface area contributed by atoms with Gasteiger partial charge in [0.15, 0.2) is 5.78 Å². The minimum Gasteiger partial charge on any atom is -0.340 e. The van der Waals surface area contributed by atoms with Crippen molar-refractivity contribution in [3.05, 3.63) is 17.0 Å². The number of anilines is 1. The van der Waals surface area contributed by atoms with E-state index in [9.17, 15) is 4.79 Å². The topological polar surface area (TPSA) is 46.1 Å². The Morgan fingerprint density at radius 1 is 1.00 bits per heavy atom. The maximum absolute atomic E-state index is 12.2. The number of piperidine rings is 1. The lowest BCUT2D eigenvalue weighted by molar-refractivity contribution is 0.0951. The molecule has 4 nitrogen and oxygen atoms in total. The number of fused-ring (bicyclic) bond motifs is 1. The van der Waals surface area contributed by atoms with Crippen LogP contribution in [0.3, 0.4) is 0 Å². The van der Waals surface area contributed by atoms with Crippen molar-refractivity contribution >= 4 is 11.7 Å². The van der Waals surface area contributed by atoms with Crippen LogP contribution in [0.4, 0.5) is 5.95 Å². The van der Waals surface area contributed by atoms with Crippen molar-refractivity contribution < 1.29 is 4.79 Å². The fourth-order valence-corrected chi connectivity index (χ4v) is 3.92. The van der Waals surface area contributed by atoms with Gasteiger partial charge in [-0.3, -0.25) is 4.79 Å². The van der Waals surface area contributed by atoms with Gasteiger partial charge in [0.05, 0.1) is 17.0 Å². The van der Waals surface area contributed by atoms with Gasteiger partial charge < -0.3 is 4.90 Å². The first-order valence-electron chi connectivity index (χ1n) is 8.09. The maximum atomic E-state index is 12.2. The summed E-state index contributed by atoms with van der Waals surface area (Å²) in [6.07, 6.45) is 2.81. The third-order valence-corrected chi connectivity index (χ3v) is 4.66. The van der Waals surface area contributed by atoms with Crippen molar-refractivity contribution in [1.82, 2.24) is 9.97 Å². The predicted molar refractivity (Wildman–Crippen MR) is 83.7 cm³/mol. The monoisotopic (exact) mass is 287 g/mol. The van der Waals surface area contributed by atoms with Crippen LogP contribution in [0.15, 0.2) is 0 Å². The molecule has 0 aromatic carbocycles. The quantitative estimate of drug-likeness (QED) is 0.796. The molecule has 0 N–H and O–H groups in total. The van der Waals surface area contributed by atoms with E-state index >= 15 is 0 Å². The van der Waals surface area contributed by atoms with E-state index in [4.69, 9.17) is 4.98 Å². The largest absolute Gasteiger partial charge is 0.340 e. The lowest BCUT2D eigenvalue weighted by Gasteiger charge is -2.35. The number of hydrogen-bond donors (Lipinski definition) is 0. The molecule has 1 aliphatic heterocycles. The Morgan fingerprint density at radius 2 is 1.67 bits per heavy atom. The summed E-state index contributed by atoms with van der Waals surface area (Å²) < 4.78 is 0. The van der Waals surface area contributed by atoms with Crippen LogP contribution >= 0.6 is 0 Å². The number of hydrogen-bond acceptors (Lipinski definition) is 4. The molecule has 2 aliphatic rings. The Kier molecular flexibility index (Phi) is 3.72. The highest BCUT2D eigenvalue weighted by molar-refractivity contribution is 5.99. The summed E-state index contributed by atoms with van der Waals surface area (Å²) in [5.41, 5.74) is 2.61. The highest BCUT2D eigenvalue weighted by Crippen LogP contribution is 2.29. The number of carbonyl (C=O) groups is 1. The summed E-state index contributed by atoms with van der Waals surface area (Å²) in [7, 11) is 0. The fourth-order valence-electron chi connectivity index (χ4n) is 3.92. The van der Waals surface area contributed by atoms with Crippen molar-refractivity contribution in [1.29, 1.82) is 0 Å². The average Bonchev–Trinajstić information content (AvgIpc) is 2.35. The summed E-state index contributed by atoms with van der Waals surface area (Å²) in [5, 5.41) is 0. The molecular weight excluding hydrogens is 262 g/mol. The molecule has 3 atom stereocenters. The third kappa shape index (κ3) is 2.81. The third-order valence-electron chi connectivity index (χ3n) is 4.66. The normalized spacial score (nSPS) is 29.4. The van der Waals surface area contributed by atoms with Gasteiger partial charge in [-0.05, 0) is 37.5 Å². The zero-order valence-electron chi connectivity index (χ0n) is 13.5. The van der Waals surface area contributed by atoms with E-state index in [2.05, 4.69) is 30.7 Å². The molecule has 1 fully saturated rings. The van der Waals surface area contributed by atoms with Crippen LogP contribution in [-0.4, -0.2) is 28.8 Å². The molecule has 0 bridgehead atoms. The molecule has 4 heteroatoms. The molecule has 1 aromatic rings. The van der Waals surface area contributed by atoms with E-state index in [1.165, 1.54) is 6.42 Å². The first-order valence-corrected chi connectivity index (χ1v) is 8.09. The smallest absolute Gasteiger partial charge is 0.225 e. The summed E-state index contributed by atoms with van der Waals surface area (Å²) >= 11 is 0. The van der Waals surface area contributed by atoms with Crippen molar-refractivity contribution in [3.8, 4) is 0 Å². The van der Waals surface area contributed by atoms with Crippen LogP contribution < -0.4 is 4.90 Å². The molecule has 0 unspecified atom stereocenters. The second-order valence-electron chi connectivity index (χ2n) is 7.22. The molecule has 1 saturated heterocycles. The van der Waals surface area contributed by atoms with Crippen LogP contribution in [-0.2, 0) is 6.42 Å². The van der Waals surface area contributed by atoms with Gasteiger partial charge in [-0.15, -0.1) is 0 Å². The van der Waals surface area contributed by atoms with E-state index in [0.29, 0.717) is 24.2 Å². The van der Waals surface area contributed by atoms with E-state index in [-0.39, 0.29) is 5.78 Å². The Labute approximate surface area is 127 Å². The minimum absolute atomic E-state index is 0.216. The lowest BCUT2D eigenvalue weighted by atomic mass is 9.86. The highest BCUT2D eigenvalue weighted by atomic mass is 16.1. The van der Waals surface area contributed by atoms with Crippen LogP contribution in [0.1, 0.15) is 55.4 Å². The predicted octanol–water partition coefficient (Wildman–Crippen LogP) is 3.03. The molecule has 1 aromatic heterocycles. The number of Topliss-reactive ketones (excluding diaryl/α,β-unsaturated/α-hetero) is 1. The van der Waals surface area contributed by atoms with Crippen LogP contribution in [0.5, 0.6) is 0 Å². The second-order valence-corrected chi connectivity index (χ2v) is 7.22. The van der Waals surface area contributed by atoms with Gasteiger partial charge in [0.1, 0.15) is 0 Å². The molecule has 0 spiro atoms. The van der Waals surface area contributed by atoms with E-state index in [1.807, 2.05) is 6.92 Å². The SMILES string of the molecule is Cc1nc(N2C[C@@H](C)C[C@H](C)C2)nc2c1C(=O)C[C@@H](C)C2. The second kappa shape index (κ2) is 5.39. The Bertz CT molecular complexity index is 559. The fraction of sp³-hybridized carbons (Fsp3) is 0.706. The molecule has 0 radical (unpaired) electrons. The Morgan fingerprint density at radius 3 is 2.33 bits per heavy atom. The first-order chi connectivity index (χ1) is 9.94. The van der Waals surface area contributed by atoms with Crippen LogP contribution in [0, 0.1) is 24.7 Å². The zero-order chi connectivity index (χ0) is 15.1. The first kappa shape index (κ1) is 14.5. The number of aryl methyl sites for hydroxylation is 1. The van der Waals surface area contributed by atoms with Crippen LogP contribution in [0.2, 0.25) is 0 Å². The van der Waals surface area contributed by atoms with E-state index < -0.39 is 0 Å². The molecule has 0 amide bonds. The number of rotatable bonds is 1. The van der Waals surface area contributed by atoms with Gasteiger partial charge in [0, 0.05) is 19.5 Å². The van der Waals surface area contributed by atoms with Gasteiger partial charge in [0.2, 0.25) is 5.95 Å². The highest BCUT2D eigenvalue weighted by Gasteiger charge is 2.29. The number of carbonyl (C=O) groups excluding carboxylic acids is 1. The van der Waals surface area contributed by atoms with Crippen molar-refractivity contribution in [2.75, 3.05) is 18.0 Å². The molecule has 2 heterocycles.